The molecule has 4 aliphatic carbocycles. The Morgan fingerprint density at radius 3 is 2.42 bits per heavy atom. The van der Waals surface area contributed by atoms with Crippen molar-refractivity contribution in [2.75, 3.05) is 0 Å². The van der Waals surface area contributed by atoms with Gasteiger partial charge in [0.1, 0.15) is 0 Å². The summed E-state index contributed by atoms with van der Waals surface area (Å²) in [7, 11) is 0. The highest BCUT2D eigenvalue weighted by atomic mass is 14.6. The SMILES string of the molecule is CC.CC.CCC=C=C(C)[C@H]1CCC2C3CC=C4CC=C(C)CCC4(C)C3CCC21C. The number of fused-ring (bicyclic) bond motifs is 5. The van der Waals surface area contributed by atoms with Crippen LogP contribution < -0.4 is 0 Å². The van der Waals surface area contributed by atoms with Crippen molar-refractivity contribution < 1.29 is 0 Å². The second-order valence-corrected chi connectivity index (χ2v) is 10.6. The van der Waals surface area contributed by atoms with Crippen LogP contribution in [0.5, 0.6) is 0 Å². The number of allylic oxidation sites excluding steroid dienone is 5. The molecule has 0 aromatic heterocycles. The Morgan fingerprint density at radius 1 is 1.03 bits per heavy atom. The molecule has 0 bridgehead atoms. The van der Waals surface area contributed by atoms with E-state index in [-0.39, 0.29) is 0 Å². The van der Waals surface area contributed by atoms with Gasteiger partial charge in [-0.1, -0.05) is 71.8 Å². The maximum Gasteiger partial charge on any atom is -0.00732 e. The molecule has 176 valence electrons. The van der Waals surface area contributed by atoms with Crippen molar-refractivity contribution in [3.05, 3.63) is 40.7 Å². The van der Waals surface area contributed by atoms with Gasteiger partial charge in [-0.15, -0.1) is 5.73 Å². The van der Waals surface area contributed by atoms with Crippen molar-refractivity contribution in [3.63, 3.8) is 0 Å². The minimum Gasteiger partial charge on any atom is -0.126 e. The van der Waals surface area contributed by atoms with Gasteiger partial charge in [0.25, 0.3) is 0 Å². The van der Waals surface area contributed by atoms with Gasteiger partial charge in [0.2, 0.25) is 0 Å². The summed E-state index contributed by atoms with van der Waals surface area (Å²) in [6, 6.07) is 0. The Morgan fingerprint density at radius 2 is 1.74 bits per heavy atom. The lowest BCUT2D eigenvalue weighted by atomic mass is 9.48. The standard InChI is InChI=1S/C27H40.2C2H6/c1-6-7-8-20(3)23-13-14-24-22-12-11-21-10-9-19(2)15-17-26(21,4)25(22)16-18-27(23,24)5;2*1-2/h7,9,11,22-25H,6,10,12-18H2,1-5H3;2*1-2H3/t8?,22?,23-,24?,25?,26?,27?;;/m1../s1. The molecule has 6 atom stereocenters. The molecule has 5 unspecified atom stereocenters. The highest BCUT2D eigenvalue weighted by Crippen LogP contribution is 2.66. The van der Waals surface area contributed by atoms with E-state index in [1.54, 1.807) is 11.1 Å². The summed E-state index contributed by atoms with van der Waals surface area (Å²) in [6.45, 7) is 20.2. The van der Waals surface area contributed by atoms with E-state index in [1.807, 2.05) is 27.7 Å². The molecule has 0 radical (unpaired) electrons. The fourth-order valence-corrected chi connectivity index (χ4v) is 7.74. The Kier molecular flexibility index (Phi) is 9.51. The number of hydrogen-bond acceptors (Lipinski definition) is 0. The van der Waals surface area contributed by atoms with Crippen LogP contribution in [0.2, 0.25) is 0 Å². The average Bonchev–Trinajstić information content (AvgIpc) is 3.07. The highest BCUT2D eigenvalue weighted by molar-refractivity contribution is 5.28. The Balaban J connectivity index is 0.000000807. The van der Waals surface area contributed by atoms with E-state index in [2.05, 4.69) is 58.6 Å². The summed E-state index contributed by atoms with van der Waals surface area (Å²) in [6.07, 6.45) is 19.6. The molecule has 0 heterocycles. The summed E-state index contributed by atoms with van der Waals surface area (Å²) < 4.78 is 0. The maximum atomic E-state index is 3.64. The van der Waals surface area contributed by atoms with E-state index in [1.165, 1.54) is 56.9 Å². The Labute approximate surface area is 195 Å². The molecule has 0 aliphatic heterocycles. The van der Waals surface area contributed by atoms with Crippen molar-refractivity contribution in [2.24, 2.45) is 34.5 Å². The minimum absolute atomic E-state index is 0.462. The fraction of sp³-hybridized carbons (Fsp3) is 0.774. The first-order chi connectivity index (χ1) is 14.9. The second kappa shape index (κ2) is 11.2. The van der Waals surface area contributed by atoms with E-state index in [0.717, 1.165) is 30.1 Å². The molecule has 0 nitrogen and oxygen atoms in total. The van der Waals surface area contributed by atoms with Gasteiger partial charge in [0.05, 0.1) is 0 Å². The molecule has 0 heteroatoms. The molecule has 0 aromatic carbocycles. The fourth-order valence-electron chi connectivity index (χ4n) is 7.74. The van der Waals surface area contributed by atoms with Gasteiger partial charge in [0, 0.05) is 0 Å². The van der Waals surface area contributed by atoms with Crippen molar-refractivity contribution in [3.8, 4) is 0 Å². The third-order valence-corrected chi connectivity index (χ3v) is 9.39. The molecule has 2 saturated carbocycles. The molecule has 0 N–H and O–H groups in total. The minimum atomic E-state index is 0.462. The van der Waals surface area contributed by atoms with Crippen LogP contribution in [0, 0.1) is 34.5 Å². The van der Waals surface area contributed by atoms with Crippen LogP contribution in [-0.2, 0) is 0 Å². The summed E-state index contributed by atoms with van der Waals surface area (Å²) in [4.78, 5) is 0. The summed E-state index contributed by atoms with van der Waals surface area (Å²) in [5.74, 6) is 3.53. The zero-order valence-electron chi connectivity index (χ0n) is 22.4. The molecule has 0 spiro atoms. The highest BCUT2D eigenvalue weighted by Gasteiger charge is 2.58. The van der Waals surface area contributed by atoms with Gasteiger partial charge in [-0.05, 0) is 118 Å². The first kappa shape index (κ1) is 26.3. The lowest BCUT2D eigenvalue weighted by molar-refractivity contribution is -0.0308. The van der Waals surface area contributed by atoms with Crippen LogP contribution in [0.3, 0.4) is 0 Å². The maximum absolute atomic E-state index is 3.64. The third kappa shape index (κ3) is 4.85. The Bertz CT molecular complexity index is 712. The molecule has 0 amide bonds. The second-order valence-electron chi connectivity index (χ2n) is 10.6. The van der Waals surface area contributed by atoms with Crippen LogP contribution in [0.15, 0.2) is 40.7 Å². The topological polar surface area (TPSA) is 0 Å². The third-order valence-electron chi connectivity index (χ3n) is 9.39. The lowest BCUT2D eigenvalue weighted by Crippen LogP contribution is -2.48. The van der Waals surface area contributed by atoms with Crippen molar-refractivity contribution in [2.45, 2.75) is 120 Å². The van der Waals surface area contributed by atoms with Crippen LogP contribution in [0.1, 0.15) is 120 Å². The molecular formula is C31H52. The first-order valence-electron chi connectivity index (χ1n) is 13.7. The van der Waals surface area contributed by atoms with Gasteiger partial charge in [-0.3, -0.25) is 0 Å². The zero-order chi connectivity index (χ0) is 23.2. The van der Waals surface area contributed by atoms with Crippen molar-refractivity contribution in [1.82, 2.24) is 0 Å². The van der Waals surface area contributed by atoms with Crippen molar-refractivity contribution in [1.29, 1.82) is 0 Å². The predicted octanol–water partition coefficient (Wildman–Crippen LogP) is 10.1. The quantitative estimate of drug-likeness (QED) is 0.305. The number of hydrogen-bond donors (Lipinski definition) is 0. The monoisotopic (exact) mass is 424 g/mol. The number of rotatable bonds is 2. The van der Waals surface area contributed by atoms with E-state index in [0.29, 0.717) is 10.8 Å². The van der Waals surface area contributed by atoms with Crippen LogP contribution in [0.25, 0.3) is 0 Å². The van der Waals surface area contributed by atoms with Crippen LogP contribution >= 0.6 is 0 Å². The Hall–Kier alpha value is -1.00. The first-order valence-corrected chi connectivity index (χ1v) is 13.7. The molecule has 0 saturated heterocycles. The summed E-state index contributed by atoms with van der Waals surface area (Å²) in [5.41, 5.74) is 9.55. The lowest BCUT2D eigenvalue weighted by Gasteiger charge is -2.56. The van der Waals surface area contributed by atoms with E-state index in [9.17, 15) is 0 Å². The summed E-state index contributed by atoms with van der Waals surface area (Å²) >= 11 is 0. The van der Waals surface area contributed by atoms with Gasteiger partial charge in [0.15, 0.2) is 0 Å². The molecule has 2 fully saturated rings. The van der Waals surface area contributed by atoms with E-state index >= 15 is 0 Å². The molecule has 0 aromatic rings. The molecule has 4 aliphatic rings. The van der Waals surface area contributed by atoms with E-state index in [4.69, 9.17) is 0 Å². The molecule has 31 heavy (non-hydrogen) atoms. The van der Waals surface area contributed by atoms with Gasteiger partial charge >= 0.3 is 0 Å². The zero-order valence-corrected chi connectivity index (χ0v) is 22.4. The van der Waals surface area contributed by atoms with Crippen molar-refractivity contribution >= 4 is 0 Å². The van der Waals surface area contributed by atoms with Crippen LogP contribution in [0.4, 0.5) is 0 Å². The smallest absolute Gasteiger partial charge is 0.00732 e. The molecule has 4 rings (SSSR count). The van der Waals surface area contributed by atoms with Gasteiger partial charge < -0.3 is 0 Å². The predicted molar refractivity (Wildman–Crippen MR) is 139 cm³/mol. The van der Waals surface area contributed by atoms with E-state index < -0.39 is 0 Å². The summed E-state index contributed by atoms with van der Waals surface area (Å²) in [5, 5.41) is 0. The molecular weight excluding hydrogens is 372 g/mol. The average molecular weight is 425 g/mol. The van der Waals surface area contributed by atoms with Gasteiger partial charge in [-0.25, -0.2) is 0 Å². The normalized spacial score (nSPS) is 38.1. The van der Waals surface area contributed by atoms with Gasteiger partial charge in [-0.2, -0.15) is 0 Å². The largest absolute Gasteiger partial charge is 0.126 e. The van der Waals surface area contributed by atoms with Crippen LogP contribution in [-0.4, -0.2) is 0 Å².